The second-order valence-corrected chi connectivity index (χ2v) is 5.41. The van der Waals surface area contributed by atoms with Crippen molar-refractivity contribution in [3.05, 3.63) is 42.5 Å². The van der Waals surface area contributed by atoms with Crippen LogP contribution < -0.4 is 15.6 Å². The molecule has 1 heterocycles. The lowest BCUT2D eigenvalue weighted by Crippen LogP contribution is -2.32. The van der Waals surface area contributed by atoms with E-state index in [1.165, 1.54) is 0 Å². The Morgan fingerprint density at radius 3 is 2.77 bits per heavy atom. The minimum atomic E-state index is 0.193. The molecule has 1 aliphatic rings. The van der Waals surface area contributed by atoms with Crippen molar-refractivity contribution in [3.63, 3.8) is 0 Å². The van der Waals surface area contributed by atoms with Crippen molar-refractivity contribution in [2.75, 3.05) is 18.0 Å². The summed E-state index contributed by atoms with van der Waals surface area (Å²) in [6.45, 7) is 6.91. The highest BCUT2D eigenvalue weighted by molar-refractivity contribution is 7.80. The van der Waals surface area contributed by atoms with Gasteiger partial charge >= 0.3 is 0 Å². The number of hydrazone groups is 1. The first kappa shape index (κ1) is 16.2. The van der Waals surface area contributed by atoms with E-state index in [0.29, 0.717) is 18.1 Å². The zero-order valence-electron chi connectivity index (χ0n) is 12.6. The van der Waals surface area contributed by atoms with Crippen molar-refractivity contribution >= 4 is 34.6 Å². The molecule has 0 atom stereocenters. The topological polar surface area (TPSA) is 56.7 Å². The van der Waals surface area contributed by atoms with Crippen LogP contribution in [0.15, 0.2) is 42.0 Å². The van der Waals surface area contributed by atoms with Crippen molar-refractivity contribution in [1.82, 2.24) is 10.7 Å². The third-order valence-electron chi connectivity index (χ3n) is 3.40. The van der Waals surface area contributed by atoms with Gasteiger partial charge in [0.1, 0.15) is 0 Å². The number of carbonyl (C=O) groups excluding carboxylic acids is 1. The lowest BCUT2D eigenvalue weighted by molar-refractivity contribution is -0.117. The van der Waals surface area contributed by atoms with Crippen molar-refractivity contribution in [2.45, 2.75) is 19.8 Å². The van der Waals surface area contributed by atoms with E-state index in [0.717, 1.165) is 29.9 Å². The molecule has 0 unspecified atom stereocenters. The number of benzene rings is 1. The maximum absolute atomic E-state index is 11.7. The highest BCUT2D eigenvalue weighted by atomic mass is 32.1. The van der Waals surface area contributed by atoms with Gasteiger partial charge in [0.05, 0.1) is 5.71 Å². The Kier molecular flexibility index (Phi) is 5.66. The van der Waals surface area contributed by atoms with Gasteiger partial charge in [-0.3, -0.25) is 10.2 Å². The van der Waals surface area contributed by atoms with Crippen LogP contribution in [0.25, 0.3) is 0 Å². The molecule has 0 aromatic heterocycles. The largest absolute Gasteiger partial charge is 0.358 e. The van der Waals surface area contributed by atoms with Gasteiger partial charge in [0.15, 0.2) is 5.11 Å². The zero-order chi connectivity index (χ0) is 15.9. The van der Waals surface area contributed by atoms with Crippen LogP contribution in [0.1, 0.15) is 25.3 Å². The molecule has 2 N–H and O–H groups in total. The number of anilines is 1. The van der Waals surface area contributed by atoms with Crippen LogP contribution >= 0.6 is 12.2 Å². The van der Waals surface area contributed by atoms with Crippen LogP contribution in [-0.2, 0) is 4.79 Å². The van der Waals surface area contributed by atoms with Crippen molar-refractivity contribution in [1.29, 1.82) is 0 Å². The minimum Gasteiger partial charge on any atom is -0.358 e. The average molecular weight is 316 g/mol. The van der Waals surface area contributed by atoms with Gasteiger partial charge in [-0.15, -0.1) is 6.58 Å². The first-order valence-corrected chi connectivity index (χ1v) is 7.62. The number of hydrogen-bond acceptors (Lipinski definition) is 3. The van der Waals surface area contributed by atoms with E-state index in [4.69, 9.17) is 12.2 Å². The first-order valence-electron chi connectivity index (χ1n) is 7.21. The molecule has 1 saturated heterocycles. The van der Waals surface area contributed by atoms with Crippen molar-refractivity contribution in [2.24, 2.45) is 5.10 Å². The van der Waals surface area contributed by atoms with Crippen molar-refractivity contribution in [3.8, 4) is 0 Å². The lowest BCUT2D eigenvalue weighted by atomic mass is 10.1. The number of nitrogens with zero attached hydrogens (tertiary/aromatic N) is 2. The Morgan fingerprint density at radius 2 is 2.18 bits per heavy atom. The van der Waals surface area contributed by atoms with Crippen LogP contribution in [0.5, 0.6) is 0 Å². The van der Waals surface area contributed by atoms with Gasteiger partial charge in [0, 0.05) is 25.2 Å². The van der Waals surface area contributed by atoms with Gasteiger partial charge in [-0.05, 0) is 43.3 Å². The van der Waals surface area contributed by atoms with Crippen LogP contribution in [0.3, 0.4) is 0 Å². The Hall–Kier alpha value is -2.21. The number of thiocarbonyl (C=S) groups is 1. The molecule has 0 aliphatic carbocycles. The van der Waals surface area contributed by atoms with Gasteiger partial charge in [0.25, 0.3) is 0 Å². The number of rotatable bonds is 5. The SMILES string of the molecule is C=CCNC(=S)N/N=C(/C)c1ccc(N2CCCC2=O)cc1. The molecule has 0 bridgehead atoms. The van der Waals surface area contributed by atoms with Crippen LogP contribution in [0.2, 0.25) is 0 Å². The van der Waals surface area contributed by atoms with Gasteiger partial charge in [0.2, 0.25) is 5.91 Å². The molecule has 1 aromatic rings. The smallest absolute Gasteiger partial charge is 0.227 e. The fourth-order valence-corrected chi connectivity index (χ4v) is 2.34. The molecule has 0 spiro atoms. The summed E-state index contributed by atoms with van der Waals surface area (Å²) in [6.07, 6.45) is 3.30. The second kappa shape index (κ2) is 7.70. The molecule has 0 radical (unpaired) electrons. The zero-order valence-corrected chi connectivity index (χ0v) is 13.4. The molecule has 116 valence electrons. The third kappa shape index (κ3) is 4.14. The molecule has 0 saturated carbocycles. The standard InChI is InChI=1S/C16H20N4OS/c1-3-10-17-16(22)19-18-12(2)13-6-8-14(9-7-13)20-11-4-5-15(20)21/h3,6-9H,1,4-5,10-11H2,2H3,(H2,17,19,22)/b18-12-. The quantitative estimate of drug-likeness (QED) is 0.378. The lowest BCUT2D eigenvalue weighted by Gasteiger charge is -2.15. The summed E-state index contributed by atoms with van der Waals surface area (Å²) in [7, 11) is 0. The van der Waals surface area contributed by atoms with E-state index in [-0.39, 0.29) is 5.91 Å². The third-order valence-corrected chi connectivity index (χ3v) is 3.64. The fourth-order valence-electron chi connectivity index (χ4n) is 2.21. The fraction of sp³-hybridized carbons (Fsp3) is 0.312. The summed E-state index contributed by atoms with van der Waals surface area (Å²) >= 11 is 5.07. The Labute approximate surface area is 136 Å². The molecule has 1 aromatic carbocycles. The van der Waals surface area contributed by atoms with Crippen LogP contribution in [-0.4, -0.2) is 29.8 Å². The Morgan fingerprint density at radius 1 is 1.45 bits per heavy atom. The number of amides is 1. The Bertz CT molecular complexity index is 595. The van der Waals surface area contributed by atoms with E-state index in [9.17, 15) is 4.79 Å². The van der Waals surface area contributed by atoms with E-state index >= 15 is 0 Å². The molecular weight excluding hydrogens is 296 g/mol. The number of hydrogen-bond donors (Lipinski definition) is 2. The van der Waals surface area contributed by atoms with E-state index in [1.807, 2.05) is 36.1 Å². The normalized spacial score (nSPS) is 14.9. The number of nitrogens with one attached hydrogen (secondary N) is 2. The summed E-state index contributed by atoms with van der Waals surface area (Å²) in [5.41, 5.74) is 5.53. The van der Waals surface area contributed by atoms with Crippen molar-refractivity contribution < 1.29 is 4.79 Å². The summed E-state index contributed by atoms with van der Waals surface area (Å²) in [4.78, 5) is 13.5. The van der Waals surface area contributed by atoms with E-state index in [2.05, 4.69) is 22.4 Å². The average Bonchev–Trinajstić information content (AvgIpc) is 2.96. The molecule has 1 fully saturated rings. The summed E-state index contributed by atoms with van der Waals surface area (Å²) < 4.78 is 0. The molecule has 22 heavy (non-hydrogen) atoms. The highest BCUT2D eigenvalue weighted by Gasteiger charge is 2.21. The van der Waals surface area contributed by atoms with Crippen LogP contribution in [0.4, 0.5) is 5.69 Å². The van der Waals surface area contributed by atoms with Crippen LogP contribution in [0, 0.1) is 0 Å². The Balaban J connectivity index is 1.98. The molecular formula is C16H20N4OS. The maximum atomic E-state index is 11.7. The first-order chi connectivity index (χ1) is 10.6. The molecule has 1 amide bonds. The monoisotopic (exact) mass is 316 g/mol. The van der Waals surface area contributed by atoms with E-state index in [1.54, 1.807) is 6.08 Å². The second-order valence-electron chi connectivity index (χ2n) is 5.00. The highest BCUT2D eigenvalue weighted by Crippen LogP contribution is 2.21. The molecule has 6 heteroatoms. The van der Waals surface area contributed by atoms with E-state index < -0.39 is 0 Å². The molecule has 2 rings (SSSR count). The summed E-state index contributed by atoms with van der Waals surface area (Å²) in [6, 6.07) is 7.82. The predicted molar refractivity (Wildman–Crippen MR) is 94.2 cm³/mol. The van der Waals surface area contributed by atoms with Gasteiger partial charge in [-0.2, -0.15) is 5.10 Å². The molecule has 1 aliphatic heterocycles. The number of carbonyl (C=O) groups is 1. The minimum absolute atomic E-state index is 0.193. The summed E-state index contributed by atoms with van der Waals surface area (Å²) in [5, 5.41) is 7.64. The van der Waals surface area contributed by atoms with Gasteiger partial charge < -0.3 is 10.2 Å². The predicted octanol–water partition coefficient (Wildman–Crippen LogP) is 2.19. The van der Waals surface area contributed by atoms with Gasteiger partial charge in [-0.25, -0.2) is 0 Å². The maximum Gasteiger partial charge on any atom is 0.227 e. The van der Waals surface area contributed by atoms with Gasteiger partial charge in [-0.1, -0.05) is 18.2 Å². The molecule has 5 nitrogen and oxygen atoms in total. The summed E-state index contributed by atoms with van der Waals surface area (Å²) in [5.74, 6) is 0.193.